The molecule has 9 heteroatoms. The van der Waals surface area contributed by atoms with E-state index in [0.29, 0.717) is 28.7 Å². The lowest BCUT2D eigenvalue weighted by Crippen LogP contribution is -2.24. The highest BCUT2D eigenvalue weighted by Gasteiger charge is 2.21. The number of aromatic nitrogens is 4. The predicted octanol–water partition coefficient (Wildman–Crippen LogP) is 4.87. The number of tetrazole rings is 1. The first-order chi connectivity index (χ1) is 14.6. The van der Waals surface area contributed by atoms with Gasteiger partial charge in [-0.25, -0.2) is 5.01 Å². The van der Waals surface area contributed by atoms with Crippen LogP contribution in [0.2, 0.25) is 0 Å². The second-order valence-electron chi connectivity index (χ2n) is 6.74. The second-order valence-corrected chi connectivity index (χ2v) is 7.55. The summed E-state index contributed by atoms with van der Waals surface area (Å²) in [7, 11) is 1.65. The first-order valence-corrected chi connectivity index (χ1v) is 10.3. The first-order valence-electron chi connectivity index (χ1n) is 9.51. The van der Waals surface area contributed by atoms with Crippen molar-refractivity contribution < 1.29 is 4.74 Å². The van der Waals surface area contributed by atoms with E-state index in [1.165, 1.54) is 0 Å². The van der Waals surface area contributed by atoms with Gasteiger partial charge in [-0.1, -0.05) is 46.6 Å². The number of rotatable bonds is 6. The molecule has 0 amide bonds. The van der Waals surface area contributed by atoms with Crippen LogP contribution < -0.4 is 9.75 Å². The van der Waals surface area contributed by atoms with E-state index in [1.807, 2.05) is 41.4 Å². The van der Waals surface area contributed by atoms with Crippen molar-refractivity contribution in [3.8, 4) is 5.75 Å². The highest BCUT2D eigenvalue weighted by molar-refractivity contribution is 6.44. The van der Waals surface area contributed by atoms with E-state index < -0.39 is 0 Å². The molecule has 0 spiro atoms. The summed E-state index contributed by atoms with van der Waals surface area (Å²) in [5.74, 6) is 1.46. The number of hydrazone groups is 1. The zero-order valence-electron chi connectivity index (χ0n) is 16.3. The van der Waals surface area contributed by atoms with Gasteiger partial charge in [0.25, 0.3) is 0 Å². The first kappa shape index (κ1) is 20.4. The Morgan fingerprint density at radius 1 is 1.07 bits per heavy atom. The van der Waals surface area contributed by atoms with Crippen molar-refractivity contribution >= 4 is 34.6 Å². The van der Waals surface area contributed by atoms with Crippen LogP contribution in [-0.2, 0) is 6.42 Å². The van der Waals surface area contributed by atoms with Crippen LogP contribution in [0.5, 0.6) is 5.75 Å². The van der Waals surface area contributed by atoms with Gasteiger partial charge in [0.05, 0.1) is 28.6 Å². The predicted molar refractivity (Wildman–Crippen MR) is 119 cm³/mol. The van der Waals surface area contributed by atoms with Crippen molar-refractivity contribution in [2.45, 2.75) is 25.7 Å². The number of methoxy groups -OCH3 is 1. The van der Waals surface area contributed by atoms with Gasteiger partial charge in [-0.2, -0.15) is 10.3 Å². The summed E-state index contributed by atoms with van der Waals surface area (Å²) >= 11 is 12.6. The molecular weight excluding hydrogens is 423 g/mol. The molecule has 154 valence electrons. The van der Waals surface area contributed by atoms with Gasteiger partial charge in [-0.3, -0.25) is 0 Å². The number of benzene rings is 1. The van der Waals surface area contributed by atoms with Gasteiger partial charge in [0.15, 0.2) is 5.82 Å². The monoisotopic (exact) mass is 442 g/mol. The van der Waals surface area contributed by atoms with Crippen LogP contribution in [0.3, 0.4) is 0 Å². The molecule has 1 aromatic heterocycles. The number of aryl methyl sites for hydroxylation is 1. The molecule has 0 unspecified atom stereocenters. The van der Waals surface area contributed by atoms with Crippen molar-refractivity contribution in [2.75, 3.05) is 12.1 Å². The molecule has 0 saturated carbocycles. The lowest BCUT2D eigenvalue weighted by Gasteiger charge is -2.28. The SMILES string of the molecule is COc1ccc(N2N=C(CCc3nn[nH]n3)CC=C2C2=CCC=C(Cl)C(Cl)=C2)cc1. The molecule has 2 aliphatic rings. The van der Waals surface area contributed by atoms with E-state index in [4.69, 9.17) is 33.0 Å². The van der Waals surface area contributed by atoms with Gasteiger partial charge < -0.3 is 4.74 Å². The van der Waals surface area contributed by atoms with E-state index in [1.54, 1.807) is 7.11 Å². The molecule has 1 aliphatic heterocycles. The Kier molecular flexibility index (Phi) is 6.30. The number of allylic oxidation sites excluding steroid dienone is 6. The molecule has 0 bridgehead atoms. The molecule has 7 nitrogen and oxygen atoms in total. The summed E-state index contributed by atoms with van der Waals surface area (Å²) < 4.78 is 5.29. The Morgan fingerprint density at radius 3 is 2.63 bits per heavy atom. The fourth-order valence-corrected chi connectivity index (χ4v) is 3.56. The fourth-order valence-electron chi connectivity index (χ4n) is 3.22. The lowest BCUT2D eigenvalue weighted by atomic mass is 10.0. The van der Waals surface area contributed by atoms with Crippen molar-refractivity contribution in [3.63, 3.8) is 0 Å². The molecule has 0 atom stereocenters. The molecule has 2 heterocycles. The van der Waals surface area contributed by atoms with Gasteiger partial charge in [-0.05, 0) is 48.8 Å². The minimum atomic E-state index is 0.517. The van der Waals surface area contributed by atoms with Crippen molar-refractivity contribution in [1.82, 2.24) is 20.6 Å². The maximum Gasteiger partial charge on any atom is 0.174 e. The van der Waals surface area contributed by atoms with Gasteiger partial charge in [0, 0.05) is 18.6 Å². The average Bonchev–Trinajstić information content (AvgIpc) is 3.24. The molecule has 30 heavy (non-hydrogen) atoms. The zero-order valence-corrected chi connectivity index (χ0v) is 17.9. The summed E-state index contributed by atoms with van der Waals surface area (Å²) in [4.78, 5) is 0. The summed E-state index contributed by atoms with van der Waals surface area (Å²) in [5, 5.41) is 22.1. The van der Waals surface area contributed by atoms with Crippen molar-refractivity contribution in [2.24, 2.45) is 5.10 Å². The molecule has 1 aliphatic carbocycles. The molecule has 2 aromatic rings. The highest BCUT2D eigenvalue weighted by atomic mass is 35.5. The van der Waals surface area contributed by atoms with Gasteiger partial charge in [-0.15, -0.1) is 10.2 Å². The number of nitrogens with one attached hydrogen (secondary N) is 1. The quantitative estimate of drug-likeness (QED) is 0.690. The molecule has 0 radical (unpaired) electrons. The summed E-state index contributed by atoms with van der Waals surface area (Å²) in [6.45, 7) is 0. The molecule has 1 aromatic carbocycles. The molecule has 1 N–H and O–H groups in total. The van der Waals surface area contributed by atoms with E-state index in [9.17, 15) is 0 Å². The summed E-state index contributed by atoms with van der Waals surface area (Å²) in [5.41, 5.74) is 3.89. The van der Waals surface area contributed by atoms with E-state index in [-0.39, 0.29) is 0 Å². The normalized spacial score (nSPS) is 16.8. The fraction of sp³-hybridized carbons (Fsp3) is 0.238. The van der Waals surface area contributed by atoms with Crippen LogP contribution in [0.15, 0.2) is 75.0 Å². The van der Waals surface area contributed by atoms with Crippen LogP contribution >= 0.6 is 23.2 Å². The molecule has 4 rings (SSSR count). The average molecular weight is 443 g/mol. The zero-order chi connectivity index (χ0) is 20.9. The van der Waals surface area contributed by atoms with Crippen molar-refractivity contribution in [1.29, 1.82) is 0 Å². The standard InChI is InChI=1S/C21H20Cl2N6O/c1-30-17-9-7-16(8-10-17)29-20(14-3-2-4-18(22)19(23)13-14)11-5-15(26-29)6-12-21-24-27-28-25-21/h3-4,7-11,13H,2,5-6,12H2,1H3,(H,24,25,27,28). The summed E-state index contributed by atoms with van der Waals surface area (Å²) in [6.07, 6.45) is 10.9. The molecule has 0 fully saturated rings. The maximum absolute atomic E-state index is 6.35. The number of hydrogen-bond donors (Lipinski definition) is 1. The minimum absolute atomic E-state index is 0.517. The van der Waals surface area contributed by atoms with Crippen molar-refractivity contribution in [3.05, 3.63) is 75.7 Å². The largest absolute Gasteiger partial charge is 0.497 e. The van der Waals surface area contributed by atoms with Crippen LogP contribution in [0.1, 0.15) is 25.1 Å². The maximum atomic E-state index is 6.35. The third-order valence-electron chi connectivity index (χ3n) is 4.79. The van der Waals surface area contributed by atoms with Gasteiger partial charge in [0.2, 0.25) is 0 Å². The highest BCUT2D eigenvalue weighted by Crippen LogP contribution is 2.34. The second kappa shape index (κ2) is 9.28. The van der Waals surface area contributed by atoms with Gasteiger partial charge >= 0.3 is 0 Å². The van der Waals surface area contributed by atoms with Crippen LogP contribution in [0.4, 0.5) is 5.69 Å². The lowest BCUT2D eigenvalue weighted by molar-refractivity contribution is 0.415. The smallest absolute Gasteiger partial charge is 0.174 e. The van der Waals surface area contributed by atoms with E-state index >= 15 is 0 Å². The third kappa shape index (κ3) is 4.63. The Morgan fingerprint density at radius 2 is 1.90 bits per heavy atom. The summed E-state index contributed by atoms with van der Waals surface area (Å²) in [6, 6.07) is 7.79. The Labute approximate surface area is 184 Å². The van der Waals surface area contributed by atoms with Crippen LogP contribution in [-0.4, -0.2) is 33.4 Å². The Balaban J connectivity index is 1.64. The van der Waals surface area contributed by atoms with Gasteiger partial charge in [0.1, 0.15) is 5.75 Å². The van der Waals surface area contributed by atoms with Crippen LogP contribution in [0.25, 0.3) is 0 Å². The minimum Gasteiger partial charge on any atom is -0.497 e. The number of ether oxygens (including phenoxy) is 1. The number of H-pyrrole nitrogens is 1. The number of aromatic amines is 1. The number of halogens is 2. The van der Waals surface area contributed by atoms with Crippen LogP contribution in [0, 0.1) is 0 Å². The molecule has 0 saturated heterocycles. The topological polar surface area (TPSA) is 79.3 Å². The number of anilines is 1. The number of nitrogens with zero attached hydrogens (tertiary/aromatic N) is 5. The Hall–Kier alpha value is -2.90. The molecular formula is C21H20Cl2N6O. The van der Waals surface area contributed by atoms with E-state index in [0.717, 1.165) is 41.3 Å². The number of hydrogen-bond acceptors (Lipinski definition) is 6. The Bertz CT molecular complexity index is 1050. The third-order valence-corrected chi connectivity index (χ3v) is 5.55. The van der Waals surface area contributed by atoms with E-state index in [2.05, 4.69) is 32.8 Å².